The van der Waals surface area contributed by atoms with Crippen molar-refractivity contribution in [1.82, 2.24) is 15.0 Å². The van der Waals surface area contributed by atoms with Crippen molar-refractivity contribution < 1.29 is 0 Å². The third kappa shape index (κ3) is 4.86. The third-order valence-electron chi connectivity index (χ3n) is 4.23. The molecule has 4 nitrogen and oxygen atoms in total. The van der Waals surface area contributed by atoms with E-state index >= 15 is 0 Å². The Hall–Kier alpha value is -1.40. The maximum atomic E-state index is 5.94. The van der Waals surface area contributed by atoms with E-state index in [-0.39, 0.29) is 7.43 Å². The Morgan fingerprint density at radius 2 is 1.62 bits per heavy atom. The average molecular weight is 484 g/mol. The molecule has 0 atom stereocenters. The van der Waals surface area contributed by atoms with Crippen molar-refractivity contribution in [2.45, 2.75) is 54.5 Å². The maximum Gasteiger partial charge on any atom is 0.117 e. The van der Waals surface area contributed by atoms with Gasteiger partial charge in [-0.3, -0.25) is 0 Å². The number of nitrogens with two attached hydrogens (primary N) is 1. The SMILES string of the molecule is C.CCCc1ccc(Br)c(C)c1N.CCn1nnc2c(C)c(Br)ccc21. The lowest BCUT2D eigenvalue weighted by Crippen LogP contribution is -1.97. The van der Waals surface area contributed by atoms with Crippen molar-refractivity contribution in [3.63, 3.8) is 0 Å². The van der Waals surface area contributed by atoms with Crippen LogP contribution < -0.4 is 5.73 Å². The van der Waals surface area contributed by atoms with Crippen molar-refractivity contribution in [1.29, 1.82) is 0 Å². The first-order valence-corrected chi connectivity index (χ1v) is 10.0. The monoisotopic (exact) mass is 482 g/mol. The second-order valence-electron chi connectivity index (χ2n) is 5.94. The molecule has 3 rings (SSSR count). The first kappa shape index (κ1) is 22.6. The Balaban J connectivity index is 0.000000251. The van der Waals surface area contributed by atoms with Gasteiger partial charge >= 0.3 is 0 Å². The molecule has 0 saturated heterocycles. The van der Waals surface area contributed by atoms with Crippen LogP contribution in [0.25, 0.3) is 11.0 Å². The van der Waals surface area contributed by atoms with Gasteiger partial charge in [0.25, 0.3) is 0 Å². The molecule has 1 aromatic heterocycles. The fraction of sp³-hybridized carbons (Fsp3) is 0.400. The molecule has 6 heteroatoms. The number of aryl methyl sites for hydroxylation is 3. The van der Waals surface area contributed by atoms with Crippen LogP contribution >= 0.6 is 31.9 Å². The van der Waals surface area contributed by atoms with E-state index in [0.717, 1.165) is 56.2 Å². The Morgan fingerprint density at radius 3 is 2.23 bits per heavy atom. The van der Waals surface area contributed by atoms with Crippen molar-refractivity contribution in [2.75, 3.05) is 5.73 Å². The van der Waals surface area contributed by atoms with Gasteiger partial charge in [0.1, 0.15) is 5.52 Å². The molecule has 0 unspecified atom stereocenters. The molecular weight excluding hydrogens is 456 g/mol. The smallest absolute Gasteiger partial charge is 0.117 e. The summed E-state index contributed by atoms with van der Waals surface area (Å²) in [6.45, 7) is 9.17. The number of hydrogen-bond donors (Lipinski definition) is 1. The number of anilines is 1. The fourth-order valence-corrected chi connectivity index (χ4v) is 3.29. The van der Waals surface area contributed by atoms with E-state index in [1.54, 1.807) is 0 Å². The quantitative estimate of drug-likeness (QED) is 0.435. The van der Waals surface area contributed by atoms with E-state index < -0.39 is 0 Å². The fourth-order valence-electron chi connectivity index (χ4n) is 2.62. The largest absolute Gasteiger partial charge is 0.398 e. The summed E-state index contributed by atoms with van der Waals surface area (Å²) < 4.78 is 4.08. The number of nitrogen functional groups attached to an aromatic ring is 1. The summed E-state index contributed by atoms with van der Waals surface area (Å²) in [6, 6.07) is 8.23. The summed E-state index contributed by atoms with van der Waals surface area (Å²) in [5, 5.41) is 8.19. The Morgan fingerprint density at radius 1 is 1.00 bits per heavy atom. The van der Waals surface area contributed by atoms with Gasteiger partial charge in [0.15, 0.2) is 0 Å². The number of nitrogens with zero attached hydrogens (tertiary/aromatic N) is 3. The third-order valence-corrected chi connectivity index (χ3v) is 5.95. The summed E-state index contributed by atoms with van der Waals surface area (Å²) in [6.07, 6.45) is 2.21. The zero-order valence-corrected chi connectivity index (χ0v) is 18.3. The Kier molecular flexibility index (Phi) is 8.77. The molecule has 26 heavy (non-hydrogen) atoms. The number of benzene rings is 2. The van der Waals surface area contributed by atoms with Crippen LogP contribution in [-0.2, 0) is 13.0 Å². The first-order valence-electron chi connectivity index (χ1n) is 8.42. The van der Waals surface area contributed by atoms with Crippen LogP contribution in [0.3, 0.4) is 0 Å². The molecule has 1 heterocycles. The highest BCUT2D eigenvalue weighted by Gasteiger charge is 2.07. The second-order valence-corrected chi connectivity index (χ2v) is 7.65. The summed E-state index contributed by atoms with van der Waals surface area (Å²) in [5.74, 6) is 0. The lowest BCUT2D eigenvalue weighted by molar-refractivity contribution is 0.646. The molecular formula is C20H28Br2N4. The molecule has 0 aliphatic carbocycles. The molecule has 2 aromatic carbocycles. The van der Waals surface area contributed by atoms with E-state index in [1.165, 1.54) is 5.56 Å². The Bertz CT molecular complexity index is 872. The second kappa shape index (κ2) is 10.1. The normalized spacial score (nSPS) is 10.2. The summed E-state index contributed by atoms with van der Waals surface area (Å²) in [5.41, 5.74) is 12.5. The predicted molar refractivity (Wildman–Crippen MR) is 120 cm³/mol. The van der Waals surface area contributed by atoms with Crippen LogP contribution in [0, 0.1) is 13.8 Å². The molecule has 0 aliphatic heterocycles. The van der Waals surface area contributed by atoms with E-state index in [9.17, 15) is 0 Å². The van der Waals surface area contributed by atoms with Crippen molar-refractivity contribution in [3.05, 3.63) is 49.9 Å². The molecule has 0 saturated carbocycles. The zero-order valence-electron chi connectivity index (χ0n) is 15.1. The maximum absolute atomic E-state index is 5.94. The lowest BCUT2D eigenvalue weighted by atomic mass is 10.0. The number of rotatable bonds is 3. The highest BCUT2D eigenvalue weighted by Crippen LogP contribution is 2.26. The van der Waals surface area contributed by atoms with Crippen molar-refractivity contribution >= 4 is 48.6 Å². The van der Waals surface area contributed by atoms with Crippen LogP contribution in [-0.4, -0.2) is 15.0 Å². The molecule has 0 bridgehead atoms. The standard InChI is InChI=1S/C10H14BrN.C9H10BrN3.CH4/c1-3-4-8-5-6-9(11)7(2)10(8)12;1-3-13-8-5-4-7(10)6(2)9(8)11-12-13;/h5-6H,3-4,12H2,1-2H3;4-5H,3H2,1-2H3;1H4. The van der Waals surface area contributed by atoms with Crippen LogP contribution in [0.15, 0.2) is 33.2 Å². The predicted octanol–water partition coefficient (Wildman–Crippen LogP) is 6.45. The van der Waals surface area contributed by atoms with Gasteiger partial charge in [-0.1, -0.05) is 63.9 Å². The van der Waals surface area contributed by atoms with E-state index in [4.69, 9.17) is 5.73 Å². The molecule has 0 radical (unpaired) electrons. The van der Waals surface area contributed by atoms with Gasteiger partial charge in [0.05, 0.1) is 5.52 Å². The topological polar surface area (TPSA) is 56.7 Å². The molecule has 3 aromatic rings. The Labute approximate surface area is 173 Å². The minimum absolute atomic E-state index is 0. The molecule has 0 aliphatic rings. The average Bonchev–Trinajstić information content (AvgIpc) is 3.03. The molecule has 2 N–H and O–H groups in total. The molecule has 0 amide bonds. The van der Waals surface area contributed by atoms with E-state index in [0.29, 0.717) is 0 Å². The van der Waals surface area contributed by atoms with Crippen LogP contribution in [0.5, 0.6) is 0 Å². The number of aromatic nitrogens is 3. The van der Waals surface area contributed by atoms with Gasteiger partial charge in [0, 0.05) is 21.2 Å². The summed E-state index contributed by atoms with van der Waals surface area (Å²) >= 11 is 6.92. The molecule has 142 valence electrons. The molecule has 0 fully saturated rings. The first-order chi connectivity index (χ1) is 11.9. The van der Waals surface area contributed by atoms with Gasteiger partial charge in [-0.25, -0.2) is 4.68 Å². The number of hydrogen-bond acceptors (Lipinski definition) is 3. The van der Waals surface area contributed by atoms with Gasteiger partial charge < -0.3 is 5.73 Å². The highest BCUT2D eigenvalue weighted by atomic mass is 79.9. The highest BCUT2D eigenvalue weighted by molar-refractivity contribution is 9.10. The summed E-state index contributed by atoms with van der Waals surface area (Å²) in [7, 11) is 0. The van der Waals surface area contributed by atoms with E-state index in [1.807, 2.05) is 30.7 Å². The van der Waals surface area contributed by atoms with Crippen LogP contribution in [0.2, 0.25) is 0 Å². The van der Waals surface area contributed by atoms with Gasteiger partial charge in [-0.2, -0.15) is 0 Å². The van der Waals surface area contributed by atoms with Gasteiger partial charge in [0.2, 0.25) is 0 Å². The van der Waals surface area contributed by atoms with Gasteiger partial charge in [-0.05, 0) is 62.1 Å². The number of halogens is 2. The van der Waals surface area contributed by atoms with Crippen LogP contribution in [0.1, 0.15) is 44.4 Å². The zero-order chi connectivity index (χ0) is 18.6. The summed E-state index contributed by atoms with van der Waals surface area (Å²) in [4.78, 5) is 0. The lowest BCUT2D eigenvalue weighted by Gasteiger charge is -2.08. The van der Waals surface area contributed by atoms with Crippen molar-refractivity contribution in [3.8, 4) is 0 Å². The van der Waals surface area contributed by atoms with Gasteiger partial charge in [-0.15, -0.1) is 5.10 Å². The molecule has 0 spiro atoms. The number of fused-ring (bicyclic) bond motifs is 1. The van der Waals surface area contributed by atoms with E-state index in [2.05, 4.69) is 68.2 Å². The minimum Gasteiger partial charge on any atom is -0.398 e. The minimum atomic E-state index is 0. The van der Waals surface area contributed by atoms with Crippen LogP contribution in [0.4, 0.5) is 5.69 Å². The van der Waals surface area contributed by atoms with Crippen molar-refractivity contribution in [2.24, 2.45) is 0 Å².